The highest BCUT2D eigenvalue weighted by Crippen LogP contribution is 2.46. The second kappa shape index (κ2) is 10.1. The number of carboxylic acids is 1. The topological polar surface area (TPSA) is 162 Å². The number of ether oxygens (including phenoxy) is 2. The van der Waals surface area contributed by atoms with Crippen molar-refractivity contribution in [3.63, 3.8) is 0 Å². The molecule has 2 N–H and O–H groups in total. The Bertz CT molecular complexity index is 1090. The van der Waals surface area contributed by atoms with E-state index in [9.17, 15) is 30.1 Å². The molecule has 0 aromatic heterocycles. The first-order valence-electron chi connectivity index (χ1n) is 9.18. The maximum absolute atomic E-state index is 11.6. The van der Waals surface area contributed by atoms with E-state index in [2.05, 4.69) is 0 Å². The Morgan fingerprint density at radius 3 is 2.00 bits per heavy atom. The number of carbonyl (C=O) groups is 1. The number of hydrogen-bond acceptors (Lipinski definition) is 8. The molecule has 0 bridgehead atoms. The second-order valence-corrected chi connectivity index (χ2v) is 6.85. The summed E-state index contributed by atoms with van der Waals surface area (Å²) in [6.07, 6.45) is 5.22. The van der Waals surface area contributed by atoms with Gasteiger partial charge in [-0.05, 0) is 35.3 Å². The average molecular weight is 444 g/mol. The smallest absolute Gasteiger partial charge is 0.328 e. The minimum Gasteiger partial charge on any atom is -0.502 e. The van der Waals surface area contributed by atoms with Crippen LogP contribution in [-0.2, 0) is 4.79 Å². The van der Waals surface area contributed by atoms with Gasteiger partial charge in [0.15, 0.2) is 11.5 Å². The van der Waals surface area contributed by atoms with Gasteiger partial charge in [0.1, 0.15) is 0 Å². The zero-order valence-corrected chi connectivity index (χ0v) is 17.3. The van der Waals surface area contributed by atoms with Gasteiger partial charge in [-0.3, -0.25) is 20.2 Å². The largest absolute Gasteiger partial charge is 0.502 e. The summed E-state index contributed by atoms with van der Waals surface area (Å²) in [5.74, 6) is -2.67. The zero-order valence-electron chi connectivity index (χ0n) is 17.3. The summed E-state index contributed by atoms with van der Waals surface area (Å²) in [4.78, 5) is 32.1. The molecule has 2 aromatic rings. The molecule has 2 aromatic carbocycles. The van der Waals surface area contributed by atoms with Gasteiger partial charge in [-0.15, -0.1) is 0 Å². The molecule has 11 heteroatoms. The SMILES string of the molecule is COc1cc(/C=C/C(C)C)cc(Oc2c([N+](=O)[O-])cc(/C=C/C(=O)O)cc2[N+](=O)[O-])c1O. The van der Waals surface area contributed by atoms with Crippen LogP contribution in [0.3, 0.4) is 0 Å². The van der Waals surface area contributed by atoms with Crippen LogP contribution in [0.1, 0.15) is 25.0 Å². The standard InChI is InChI=1S/C21H20N2O9/c1-12(2)4-5-14-10-17(31-3)20(26)18(11-14)32-21-15(22(27)28)8-13(6-7-19(24)25)9-16(21)23(29)30/h4-12,26H,1-3H3,(H,24,25)/b5-4+,7-6+. The van der Waals surface area contributed by atoms with E-state index < -0.39 is 38.7 Å². The van der Waals surface area contributed by atoms with Gasteiger partial charge in [0, 0.05) is 18.2 Å². The Morgan fingerprint density at radius 2 is 1.53 bits per heavy atom. The summed E-state index contributed by atoms with van der Waals surface area (Å²) in [5.41, 5.74) is -1.14. The maximum atomic E-state index is 11.6. The summed E-state index contributed by atoms with van der Waals surface area (Å²) in [6, 6.07) is 4.71. The molecule has 168 valence electrons. The quantitative estimate of drug-likeness (QED) is 0.315. The van der Waals surface area contributed by atoms with Gasteiger partial charge in [0.05, 0.1) is 17.0 Å². The van der Waals surface area contributed by atoms with Crippen molar-refractivity contribution < 1.29 is 34.3 Å². The van der Waals surface area contributed by atoms with E-state index in [0.29, 0.717) is 11.6 Å². The molecule has 0 aliphatic carbocycles. The van der Waals surface area contributed by atoms with E-state index in [1.54, 1.807) is 6.08 Å². The predicted molar refractivity (Wildman–Crippen MR) is 115 cm³/mol. The van der Waals surface area contributed by atoms with Crippen LogP contribution in [0.5, 0.6) is 23.0 Å². The number of aliphatic carboxylic acids is 1. The molecule has 0 heterocycles. The van der Waals surface area contributed by atoms with Gasteiger partial charge in [0.25, 0.3) is 5.75 Å². The summed E-state index contributed by atoms with van der Waals surface area (Å²) < 4.78 is 10.6. The van der Waals surface area contributed by atoms with E-state index in [0.717, 1.165) is 18.2 Å². The number of allylic oxidation sites excluding steroid dienone is 1. The number of rotatable bonds is 9. The van der Waals surface area contributed by atoms with Crippen LogP contribution in [0.15, 0.2) is 36.4 Å². The predicted octanol–water partition coefficient (Wildman–Crippen LogP) is 4.78. The molecule has 32 heavy (non-hydrogen) atoms. The van der Waals surface area contributed by atoms with Crippen molar-refractivity contribution in [3.05, 3.63) is 67.8 Å². The molecule has 0 amide bonds. The van der Waals surface area contributed by atoms with Crippen molar-refractivity contribution in [2.24, 2.45) is 5.92 Å². The van der Waals surface area contributed by atoms with Gasteiger partial charge in [0.2, 0.25) is 5.75 Å². The van der Waals surface area contributed by atoms with Crippen molar-refractivity contribution in [1.29, 1.82) is 0 Å². The van der Waals surface area contributed by atoms with Gasteiger partial charge >= 0.3 is 17.3 Å². The fourth-order valence-corrected chi connectivity index (χ4v) is 2.60. The summed E-state index contributed by atoms with van der Waals surface area (Å²) in [6.45, 7) is 3.89. The number of phenols is 1. The lowest BCUT2D eigenvalue weighted by Crippen LogP contribution is -2.00. The number of phenolic OH excluding ortho intramolecular Hbond substituents is 1. The lowest BCUT2D eigenvalue weighted by Gasteiger charge is -2.13. The van der Waals surface area contributed by atoms with Gasteiger partial charge in [-0.2, -0.15) is 0 Å². The van der Waals surface area contributed by atoms with Crippen molar-refractivity contribution in [3.8, 4) is 23.0 Å². The number of benzene rings is 2. The van der Waals surface area contributed by atoms with Crippen LogP contribution in [0.2, 0.25) is 0 Å². The summed E-state index contributed by atoms with van der Waals surface area (Å²) in [5, 5.41) is 42.3. The van der Waals surface area contributed by atoms with Gasteiger partial charge in [-0.25, -0.2) is 4.79 Å². The molecule has 0 saturated heterocycles. The Kier molecular flexibility index (Phi) is 7.51. The Morgan fingerprint density at radius 1 is 1.00 bits per heavy atom. The molecule has 0 unspecified atom stereocenters. The van der Waals surface area contributed by atoms with Crippen LogP contribution in [-0.4, -0.2) is 33.1 Å². The number of carboxylic acid groups (broad SMARTS) is 1. The minimum atomic E-state index is -1.33. The Labute approximate surface area is 182 Å². The van der Waals surface area contributed by atoms with E-state index >= 15 is 0 Å². The van der Waals surface area contributed by atoms with Gasteiger partial charge in [-0.1, -0.05) is 26.0 Å². The van der Waals surface area contributed by atoms with E-state index in [4.69, 9.17) is 14.6 Å². The minimum absolute atomic E-state index is 0.00257. The number of methoxy groups -OCH3 is 1. The molecular weight excluding hydrogens is 424 g/mol. The number of nitro groups is 2. The van der Waals surface area contributed by atoms with Crippen molar-refractivity contribution in [1.82, 2.24) is 0 Å². The molecule has 0 aliphatic rings. The average Bonchev–Trinajstić information content (AvgIpc) is 2.72. The van der Waals surface area contributed by atoms with Crippen molar-refractivity contribution in [2.45, 2.75) is 13.8 Å². The Hall–Kier alpha value is -4.41. The summed E-state index contributed by atoms with van der Waals surface area (Å²) >= 11 is 0. The van der Waals surface area contributed by atoms with Gasteiger partial charge < -0.3 is 19.7 Å². The fourth-order valence-electron chi connectivity index (χ4n) is 2.60. The van der Waals surface area contributed by atoms with E-state index in [1.165, 1.54) is 19.2 Å². The highest BCUT2D eigenvalue weighted by atomic mass is 16.6. The molecule has 0 radical (unpaired) electrons. The maximum Gasteiger partial charge on any atom is 0.328 e. The number of aromatic hydroxyl groups is 1. The number of hydrogen-bond donors (Lipinski definition) is 2. The molecular formula is C21H20N2O9. The molecule has 0 spiro atoms. The monoisotopic (exact) mass is 444 g/mol. The molecule has 0 fully saturated rings. The van der Waals surface area contributed by atoms with Crippen LogP contribution in [0, 0.1) is 26.1 Å². The second-order valence-electron chi connectivity index (χ2n) is 6.85. The number of nitro benzene ring substituents is 2. The first kappa shape index (κ1) is 23.9. The molecule has 0 aliphatic heterocycles. The fraction of sp³-hybridized carbons (Fsp3) is 0.190. The van der Waals surface area contributed by atoms with Crippen molar-refractivity contribution >= 4 is 29.5 Å². The normalized spacial score (nSPS) is 11.2. The first-order chi connectivity index (χ1) is 15.0. The van der Waals surface area contributed by atoms with E-state index in [1.807, 2.05) is 19.9 Å². The highest BCUT2D eigenvalue weighted by Gasteiger charge is 2.30. The Balaban J connectivity index is 2.70. The van der Waals surface area contributed by atoms with Crippen LogP contribution in [0.25, 0.3) is 12.2 Å². The number of nitrogens with zero attached hydrogens (tertiary/aromatic N) is 2. The van der Waals surface area contributed by atoms with Crippen molar-refractivity contribution in [2.75, 3.05) is 7.11 Å². The lowest BCUT2D eigenvalue weighted by atomic mass is 10.1. The first-order valence-corrected chi connectivity index (χ1v) is 9.18. The third-order valence-electron chi connectivity index (χ3n) is 4.05. The van der Waals surface area contributed by atoms with Crippen LogP contribution in [0.4, 0.5) is 11.4 Å². The van der Waals surface area contributed by atoms with E-state index in [-0.39, 0.29) is 23.0 Å². The molecule has 0 atom stereocenters. The zero-order chi connectivity index (χ0) is 24.0. The summed E-state index contributed by atoms with van der Waals surface area (Å²) in [7, 11) is 1.29. The molecule has 0 saturated carbocycles. The van der Waals surface area contributed by atoms with Crippen LogP contribution >= 0.6 is 0 Å². The van der Waals surface area contributed by atoms with Crippen LogP contribution < -0.4 is 9.47 Å². The molecule has 11 nitrogen and oxygen atoms in total. The third kappa shape index (κ3) is 5.81. The molecule has 2 rings (SSSR count). The third-order valence-corrected chi connectivity index (χ3v) is 4.05. The lowest BCUT2D eigenvalue weighted by molar-refractivity contribution is -0.395. The highest BCUT2D eigenvalue weighted by molar-refractivity contribution is 5.86.